The van der Waals surface area contributed by atoms with Crippen LogP contribution >= 0.6 is 11.3 Å². The number of amides is 1. The first-order valence-electron chi connectivity index (χ1n) is 10.0. The minimum Gasteiger partial charge on any atom is -0.478 e. The Morgan fingerprint density at radius 3 is 2.23 bits per heavy atom. The molecule has 0 radical (unpaired) electrons. The van der Waals surface area contributed by atoms with Gasteiger partial charge in [0.05, 0.1) is 0 Å². The van der Waals surface area contributed by atoms with E-state index >= 15 is 0 Å². The number of carbonyl (C=O) groups excluding carboxylic acids is 1. The third-order valence-corrected chi connectivity index (χ3v) is 6.22. The molecule has 0 fully saturated rings. The number of thiophene rings is 1. The van der Waals surface area contributed by atoms with E-state index in [-0.39, 0.29) is 16.9 Å². The molecular formula is C26H23NO3S. The standard InChI is InChI=1S/C26H23NO3S/c1-26(2,3)18-13-11-17(12-14-18)23(28)27-24-22(25(29)30)21(15-31-24)20-10-6-8-16-7-4-5-9-19(16)20/h4-15H,1-3H3,(H,27,28)(H,29,30). The molecule has 0 aliphatic heterocycles. The number of hydrogen-bond acceptors (Lipinski definition) is 3. The van der Waals surface area contributed by atoms with Crippen molar-refractivity contribution >= 4 is 39.0 Å². The van der Waals surface area contributed by atoms with Gasteiger partial charge in [-0.3, -0.25) is 4.79 Å². The lowest BCUT2D eigenvalue weighted by Gasteiger charge is -2.19. The summed E-state index contributed by atoms with van der Waals surface area (Å²) in [5.74, 6) is -1.39. The molecule has 0 aliphatic carbocycles. The topological polar surface area (TPSA) is 66.4 Å². The van der Waals surface area contributed by atoms with Gasteiger partial charge in [0.2, 0.25) is 0 Å². The average Bonchev–Trinajstić information content (AvgIpc) is 3.16. The van der Waals surface area contributed by atoms with Crippen LogP contribution in [0.2, 0.25) is 0 Å². The molecule has 5 heteroatoms. The number of rotatable bonds is 4. The summed E-state index contributed by atoms with van der Waals surface area (Å²) in [7, 11) is 0. The number of hydrogen-bond donors (Lipinski definition) is 2. The van der Waals surface area contributed by atoms with E-state index in [1.807, 2.05) is 54.6 Å². The summed E-state index contributed by atoms with van der Waals surface area (Å²) in [6.07, 6.45) is 0. The number of nitrogens with one attached hydrogen (secondary N) is 1. The van der Waals surface area contributed by atoms with Gasteiger partial charge in [-0.1, -0.05) is 75.4 Å². The second kappa shape index (κ2) is 8.00. The average molecular weight is 430 g/mol. The van der Waals surface area contributed by atoms with Crippen molar-refractivity contribution in [3.05, 3.63) is 88.8 Å². The van der Waals surface area contributed by atoms with Crippen molar-refractivity contribution in [2.45, 2.75) is 26.2 Å². The molecule has 0 saturated heterocycles. The molecule has 0 unspecified atom stereocenters. The SMILES string of the molecule is CC(C)(C)c1ccc(C(=O)Nc2scc(-c3cccc4ccccc34)c2C(=O)O)cc1. The Balaban J connectivity index is 1.70. The molecule has 0 bridgehead atoms. The van der Waals surface area contributed by atoms with Crippen LogP contribution < -0.4 is 5.32 Å². The van der Waals surface area contributed by atoms with Crippen molar-refractivity contribution in [2.75, 3.05) is 5.32 Å². The van der Waals surface area contributed by atoms with E-state index < -0.39 is 5.97 Å². The lowest BCUT2D eigenvalue weighted by molar-refractivity contribution is 0.0699. The van der Waals surface area contributed by atoms with Crippen LogP contribution in [0.1, 0.15) is 47.1 Å². The molecule has 1 amide bonds. The first-order valence-corrected chi connectivity index (χ1v) is 10.9. The maximum atomic E-state index is 12.8. The van der Waals surface area contributed by atoms with E-state index in [0.29, 0.717) is 16.1 Å². The summed E-state index contributed by atoms with van der Waals surface area (Å²) < 4.78 is 0. The number of benzene rings is 3. The van der Waals surface area contributed by atoms with E-state index in [9.17, 15) is 14.7 Å². The van der Waals surface area contributed by atoms with Crippen LogP contribution in [0.5, 0.6) is 0 Å². The quantitative estimate of drug-likeness (QED) is 0.374. The van der Waals surface area contributed by atoms with Crippen LogP contribution in [-0.4, -0.2) is 17.0 Å². The normalized spacial score (nSPS) is 11.5. The van der Waals surface area contributed by atoms with Crippen molar-refractivity contribution in [3.8, 4) is 11.1 Å². The third kappa shape index (κ3) is 4.09. The summed E-state index contributed by atoms with van der Waals surface area (Å²) in [5, 5.41) is 16.9. The number of carboxylic acid groups (broad SMARTS) is 1. The largest absolute Gasteiger partial charge is 0.478 e. The number of carboxylic acids is 1. The Kier molecular flexibility index (Phi) is 5.38. The van der Waals surface area contributed by atoms with Crippen LogP contribution in [0.3, 0.4) is 0 Å². The Labute approximate surface area is 185 Å². The minimum atomic E-state index is -1.07. The van der Waals surface area contributed by atoms with Crippen LogP contribution in [-0.2, 0) is 5.41 Å². The van der Waals surface area contributed by atoms with Crippen molar-refractivity contribution in [1.82, 2.24) is 0 Å². The van der Waals surface area contributed by atoms with E-state index in [1.165, 1.54) is 11.3 Å². The highest BCUT2D eigenvalue weighted by Gasteiger charge is 2.23. The van der Waals surface area contributed by atoms with Crippen molar-refractivity contribution in [2.24, 2.45) is 0 Å². The summed E-state index contributed by atoms with van der Waals surface area (Å²) in [6, 6.07) is 21.1. The zero-order valence-corrected chi connectivity index (χ0v) is 18.4. The lowest BCUT2D eigenvalue weighted by atomic mass is 9.87. The molecule has 0 atom stereocenters. The predicted octanol–water partition coefficient (Wildman–Crippen LogP) is 6.82. The molecule has 0 spiro atoms. The van der Waals surface area contributed by atoms with Gasteiger partial charge >= 0.3 is 5.97 Å². The first-order chi connectivity index (χ1) is 14.8. The van der Waals surface area contributed by atoms with Crippen LogP contribution in [0, 0.1) is 0 Å². The zero-order chi connectivity index (χ0) is 22.2. The van der Waals surface area contributed by atoms with E-state index in [2.05, 4.69) is 26.1 Å². The summed E-state index contributed by atoms with van der Waals surface area (Å²) >= 11 is 1.23. The molecule has 4 rings (SSSR count). The molecule has 31 heavy (non-hydrogen) atoms. The number of aromatic carboxylic acids is 1. The van der Waals surface area contributed by atoms with Crippen LogP contribution in [0.15, 0.2) is 72.1 Å². The lowest BCUT2D eigenvalue weighted by Crippen LogP contribution is -2.15. The smallest absolute Gasteiger partial charge is 0.339 e. The summed E-state index contributed by atoms with van der Waals surface area (Å²) in [4.78, 5) is 25.0. The summed E-state index contributed by atoms with van der Waals surface area (Å²) in [6.45, 7) is 6.34. The molecule has 4 aromatic rings. The molecule has 3 aromatic carbocycles. The van der Waals surface area contributed by atoms with Crippen molar-refractivity contribution in [3.63, 3.8) is 0 Å². The Bertz CT molecular complexity index is 1280. The van der Waals surface area contributed by atoms with Gasteiger partial charge in [-0.2, -0.15) is 0 Å². The molecule has 4 nitrogen and oxygen atoms in total. The fraction of sp³-hybridized carbons (Fsp3) is 0.154. The Hall–Kier alpha value is -3.44. The van der Waals surface area contributed by atoms with E-state index in [0.717, 1.165) is 21.9 Å². The van der Waals surface area contributed by atoms with Gasteiger partial charge in [0.1, 0.15) is 10.6 Å². The highest BCUT2D eigenvalue weighted by molar-refractivity contribution is 7.15. The predicted molar refractivity (Wildman–Crippen MR) is 127 cm³/mol. The van der Waals surface area contributed by atoms with Crippen LogP contribution in [0.25, 0.3) is 21.9 Å². The number of fused-ring (bicyclic) bond motifs is 1. The second-order valence-corrected chi connectivity index (χ2v) is 9.35. The highest BCUT2D eigenvalue weighted by atomic mass is 32.1. The molecule has 1 heterocycles. The second-order valence-electron chi connectivity index (χ2n) is 8.47. The Morgan fingerprint density at radius 2 is 1.55 bits per heavy atom. The van der Waals surface area contributed by atoms with Gasteiger partial charge in [-0.15, -0.1) is 11.3 Å². The number of anilines is 1. The number of carbonyl (C=O) groups is 2. The molecule has 1 aromatic heterocycles. The zero-order valence-electron chi connectivity index (χ0n) is 17.6. The molecular weight excluding hydrogens is 406 g/mol. The highest BCUT2D eigenvalue weighted by Crippen LogP contribution is 2.39. The molecule has 0 aliphatic rings. The Morgan fingerprint density at radius 1 is 0.871 bits per heavy atom. The van der Waals surface area contributed by atoms with Crippen molar-refractivity contribution < 1.29 is 14.7 Å². The van der Waals surface area contributed by atoms with E-state index in [4.69, 9.17) is 0 Å². The van der Waals surface area contributed by atoms with Gasteiger partial charge in [0, 0.05) is 16.5 Å². The monoisotopic (exact) mass is 429 g/mol. The van der Waals surface area contributed by atoms with Gasteiger partial charge in [0.15, 0.2) is 0 Å². The minimum absolute atomic E-state index is 0.00735. The third-order valence-electron chi connectivity index (χ3n) is 5.32. The fourth-order valence-corrected chi connectivity index (χ4v) is 4.56. The van der Waals surface area contributed by atoms with Gasteiger partial charge in [-0.25, -0.2) is 4.79 Å². The van der Waals surface area contributed by atoms with Crippen LogP contribution in [0.4, 0.5) is 5.00 Å². The fourth-order valence-electron chi connectivity index (χ4n) is 3.62. The maximum Gasteiger partial charge on any atom is 0.339 e. The van der Waals surface area contributed by atoms with Gasteiger partial charge in [-0.05, 0) is 39.4 Å². The molecule has 156 valence electrons. The van der Waals surface area contributed by atoms with Crippen molar-refractivity contribution in [1.29, 1.82) is 0 Å². The molecule has 0 saturated carbocycles. The van der Waals surface area contributed by atoms with Gasteiger partial charge in [0.25, 0.3) is 5.91 Å². The maximum absolute atomic E-state index is 12.8. The van der Waals surface area contributed by atoms with Gasteiger partial charge < -0.3 is 10.4 Å². The molecule has 2 N–H and O–H groups in total. The van der Waals surface area contributed by atoms with E-state index in [1.54, 1.807) is 17.5 Å². The summed E-state index contributed by atoms with van der Waals surface area (Å²) in [5.41, 5.74) is 3.16. The first kappa shape index (κ1) is 20.8.